The van der Waals surface area contributed by atoms with Gasteiger partial charge in [-0.3, -0.25) is 14.4 Å². The van der Waals surface area contributed by atoms with Gasteiger partial charge in [0.05, 0.1) is 11.6 Å². The number of nitrogens with one attached hydrogen (secondary N) is 3. The van der Waals surface area contributed by atoms with E-state index in [1.165, 1.54) is 37.9 Å². The first-order valence-electron chi connectivity index (χ1n) is 15.5. The lowest BCUT2D eigenvalue weighted by Gasteiger charge is -2.40. The van der Waals surface area contributed by atoms with E-state index in [4.69, 9.17) is 4.74 Å². The molecular weight excluding hydrogens is 560 g/mol. The molecule has 1 heterocycles. The zero-order chi connectivity index (χ0) is 31.7. The molecule has 1 fully saturated rings. The highest BCUT2D eigenvalue weighted by atomic mass is 16.5. The SMILES string of the molecule is CN1C(=O)[C@H](C2CCCCC2)NCCOc2ccccc2/C=C/CNC(=O)[C@@H](Cc2ccc(O)cc2)NC(=O)[C@@H]1C(C)(C)O. The van der Waals surface area contributed by atoms with Crippen LogP contribution in [0.25, 0.3) is 6.08 Å². The quantitative estimate of drug-likeness (QED) is 0.361. The molecule has 0 saturated heterocycles. The van der Waals surface area contributed by atoms with Crippen molar-refractivity contribution in [2.75, 3.05) is 26.7 Å². The molecule has 4 rings (SSSR count). The number of phenols is 1. The summed E-state index contributed by atoms with van der Waals surface area (Å²) in [6.45, 7) is 3.93. The fourth-order valence-electron chi connectivity index (χ4n) is 6.16. The van der Waals surface area contributed by atoms with Crippen LogP contribution in [0.2, 0.25) is 0 Å². The molecule has 2 aliphatic rings. The van der Waals surface area contributed by atoms with E-state index < -0.39 is 35.5 Å². The average molecular weight is 607 g/mol. The van der Waals surface area contributed by atoms with Gasteiger partial charge in [-0.1, -0.05) is 61.7 Å². The van der Waals surface area contributed by atoms with E-state index in [2.05, 4.69) is 16.0 Å². The predicted octanol–water partition coefficient (Wildman–Crippen LogP) is 2.78. The number of aromatic hydroxyl groups is 1. The van der Waals surface area contributed by atoms with Crippen LogP contribution in [0.5, 0.6) is 11.5 Å². The lowest BCUT2D eigenvalue weighted by atomic mass is 9.82. The lowest BCUT2D eigenvalue weighted by Crippen LogP contribution is -2.64. The Morgan fingerprint density at radius 3 is 2.39 bits per heavy atom. The number of rotatable bonds is 4. The van der Waals surface area contributed by atoms with Crippen LogP contribution in [0, 0.1) is 5.92 Å². The summed E-state index contributed by atoms with van der Waals surface area (Å²) in [6, 6.07) is 11.2. The molecule has 0 radical (unpaired) electrons. The number of fused-ring (bicyclic) bond motifs is 1. The molecule has 2 aromatic carbocycles. The van der Waals surface area contributed by atoms with E-state index in [0.29, 0.717) is 18.9 Å². The van der Waals surface area contributed by atoms with Gasteiger partial charge in [0.1, 0.15) is 30.2 Å². The number of carbonyl (C=O) groups excluding carboxylic acids is 3. The topological polar surface area (TPSA) is 140 Å². The Labute approximate surface area is 259 Å². The number of phenolic OH excluding ortho intramolecular Hbond substituents is 1. The molecule has 0 bridgehead atoms. The lowest BCUT2D eigenvalue weighted by molar-refractivity contribution is -0.151. The fourth-order valence-corrected chi connectivity index (χ4v) is 6.16. The van der Waals surface area contributed by atoms with E-state index in [1.54, 1.807) is 12.1 Å². The monoisotopic (exact) mass is 606 g/mol. The normalized spacial score (nSPS) is 24.2. The molecule has 44 heavy (non-hydrogen) atoms. The minimum absolute atomic E-state index is 0.0815. The molecule has 3 amide bonds. The third-order valence-electron chi connectivity index (χ3n) is 8.38. The number of para-hydroxylation sites is 1. The summed E-state index contributed by atoms with van der Waals surface area (Å²) in [5.41, 5.74) is -0.0380. The molecule has 2 aromatic rings. The van der Waals surface area contributed by atoms with Crippen molar-refractivity contribution < 1.29 is 29.3 Å². The number of hydrogen-bond acceptors (Lipinski definition) is 7. The number of aliphatic hydroxyl groups is 1. The zero-order valence-electron chi connectivity index (χ0n) is 25.9. The Morgan fingerprint density at radius 2 is 1.68 bits per heavy atom. The Bertz CT molecular complexity index is 1300. The highest BCUT2D eigenvalue weighted by Crippen LogP contribution is 2.29. The van der Waals surface area contributed by atoms with Crippen molar-refractivity contribution in [2.24, 2.45) is 5.92 Å². The molecule has 0 aromatic heterocycles. The summed E-state index contributed by atoms with van der Waals surface area (Å²) in [5.74, 6) is -0.489. The number of ether oxygens (including phenoxy) is 1. The van der Waals surface area contributed by atoms with Gasteiger partial charge < -0.3 is 35.8 Å². The van der Waals surface area contributed by atoms with Crippen LogP contribution in [0.3, 0.4) is 0 Å². The van der Waals surface area contributed by atoms with Crippen molar-refractivity contribution in [1.82, 2.24) is 20.9 Å². The second-order valence-corrected chi connectivity index (χ2v) is 12.3. The second kappa shape index (κ2) is 15.2. The number of amides is 3. The minimum atomic E-state index is -1.61. The number of benzene rings is 2. The first-order chi connectivity index (χ1) is 21.0. The van der Waals surface area contributed by atoms with E-state index >= 15 is 0 Å². The smallest absolute Gasteiger partial charge is 0.246 e. The highest BCUT2D eigenvalue weighted by molar-refractivity contribution is 5.94. The van der Waals surface area contributed by atoms with Gasteiger partial charge in [-0.25, -0.2) is 0 Å². The highest BCUT2D eigenvalue weighted by Gasteiger charge is 2.43. The molecule has 1 aliphatic heterocycles. The van der Waals surface area contributed by atoms with Crippen LogP contribution >= 0.6 is 0 Å². The Morgan fingerprint density at radius 1 is 0.977 bits per heavy atom. The largest absolute Gasteiger partial charge is 0.508 e. The van der Waals surface area contributed by atoms with Crippen molar-refractivity contribution >= 4 is 23.8 Å². The van der Waals surface area contributed by atoms with E-state index in [-0.39, 0.29) is 30.5 Å². The van der Waals surface area contributed by atoms with Gasteiger partial charge >= 0.3 is 0 Å². The van der Waals surface area contributed by atoms with Gasteiger partial charge in [0, 0.05) is 32.1 Å². The molecule has 3 atom stereocenters. The fraction of sp³-hybridized carbons (Fsp3) is 0.500. The summed E-state index contributed by atoms with van der Waals surface area (Å²) in [7, 11) is 1.53. The molecule has 10 heteroatoms. The Balaban J connectivity index is 1.68. The molecule has 0 unspecified atom stereocenters. The molecule has 1 saturated carbocycles. The molecule has 5 N–H and O–H groups in total. The zero-order valence-corrected chi connectivity index (χ0v) is 25.9. The van der Waals surface area contributed by atoms with Crippen molar-refractivity contribution in [3.63, 3.8) is 0 Å². The van der Waals surface area contributed by atoms with Gasteiger partial charge in [-0.2, -0.15) is 0 Å². The maximum atomic E-state index is 14.1. The first-order valence-corrected chi connectivity index (χ1v) is 15.5. The number of nitrogens with zero attached hydrogens (tertiary/aromatic N) is 1. The molecule has 238 valence electrons. The van der Waals surface area contributed by atoms with Crippen LogP contribution in [0.4, 0.5) is 0 Å². The van der Waals surface area contributed by atoms with Gasteiger partial charge in [-0.15, -0.1) is 0 Å². The third-order valence-corrected chi connectivity index (χ3v) is 8.38. The predicted molar refractivity (Wildman–Crippen MR) is 169 cm³/mol. The summed E-state index contributed by atoms with van der Waals surface area (Å²) in [6.07, 6.45) is 8.78. The van der Waals surface area contributed by atoms with Gasteiger partial charge in [0.25, 0.3) is 0 Å². The van der Waals surface area contributed by atoms with E-state index in [0.717, 1.165) is 43.2 Å². The second-order valence-electron chi connectivity index (χ2n) is 12.3. The number of carbonyl (C=O) groups is 3. The van der Waals surface area contributed by atoms with E-state index in [9.17, 15) is 24.6 Å². The maximum absolute atomic E-state index is 14.1. The summed E-state index contributed by atoms with van der Waals surface area (Å²) in [5, 5.41) is 30.0. The minimum Gasteiger partial charge on any atom is -0.508 e. The van der Waals surface area contributed by atoms with Crippen LogP contribution in [0.15, 0.2) is 54.6 Å². The molecular formula is C34H46N4O6. The van der Waals surface area contributed by atoms with Crippen LogP contribution in [0.1, 0.15) is 57.1 Å². The summed E-state index contributed by atoms with van der Waals surface area (Å²) in [4.78, 5) is 42.8. The summed E-state index contributed by atoms with van der Waals surface area (Å²) >= 11 is 0. The molecule has 0 spiro atoms. The van der Waals surface area contributed by atoms with Crippen LogP contribution < -0.4 is 20.7 Å². The third kappa shape index (κ3) is 8.83. The summed E-state index contributed by atoms with van der Waals surface area (Å²) < 4.78 is 6.09. The number of hydrogen-bond donors (Lipinski definition) is 5. The van der Waals surface area contributed by atoms with Crippen LogP contribution in [-0.2, 0) is 20.8 Å². The average Bonchev–Trinajstić information content (AvgIpc) is 2.99. The maximum Gasteiger partial charge on any atom is 0.246 e. The molecule has 1 aliphatic carbocycles. The van der Waals surface area contributed by atoms with Crippen LogP contribution in [-0.4, -0.2) is 83.3 Å². The Kier molecular flexibility index (Phi) is 11.4. The van der Waals surface area contributed by atoms with Crippen molar-refractivity contribution in [3.8, 4) is 11.5 Å². The van der Waals surface area contributed by atoms with Crippen molar-refractivity contribution in [3.05, 3.63) is 65.7 Å². The van der Waals surface area contributed by atoms with E-state index in [1.807, 2.05) is 36.4 Å². The van der Waals surface area contributed by atoms with Gasteiger partial charge in [-0.05, 0) is 56.4 Å². The van der Waals surface area contributed by atoms with Crippen molar-refractivity contribution in [1.29, 1.82) is 0 Å². The van der Waals surface area contributed by atoms with Crippen molar-refractivity contribution in [2.45, 2.75) is 76.1 Å². The Hall–Kier alpha value is -3.89. The van der Waals surface area contributed by atoms with Gasteiger partial charge in [0.15, 0.2) is 0 Å². The first kappa shape index (κ1) is 33.0. The standard InChI is InChI=1S/C34H46N4O6/c1-34(2,43)30-32(41)37-27(22-23-15-17-26(39)18-16-23)31(40)36-19-9-13-24-10-7-8-14-28(24)44-21-20-35-29(33(42)38(30)3)25-11-5-4-6-12-25/h7-10,13-18,25,27,29-30,35,39,43H,4-6,11-12,19-22H2,1-3H3,(H,36,40)(H,37,41)/b13-9+/t27-,29+,30-/m1/s1. The van der Waals surface area contributed by atoms with Gasteiger partial charge in [0.2, 0.25) is 17.7 Å². The number of likely N-dealkylation sites (N-methyl/N-ethyl adjacent to an activating group) is 1. The molecule has 10 nitrogen and oxygen atoms in total.